The van der Waals surface area contributed by atoms with Crippen LogP contribution in [0.1, 0.15) is 43.7 Å². The minimum absolute atomic E-state index is 0.0704. The number of ether oxygens (including phenoxy) is 1. The Morgan fingerprint density at radius 2 is 1.68 bits per heavy atom. The van der Waals surface area contributed by atoms with Crippen LogP contribution in [0.2, 0.25) is 0 Å². The van der Waals surface area contributed by atoms with Gasteiger partial charge in [0.25, 0.3) is 12.0 Å². The van der Waals surface area contributed by atoms with E-state index in [-0.39, 0.29) is 25.0 Å². The molecule has 16 heteroatoms. The van der Waals surface area contributed by atoms with Gasteiger partial charge in [-0.1, -0.05) is 0 Å². The predicted octanol–water partition coefficient (Wildman–Crippen LogP) is 4.39. The van der Waals surface area contributed by atoms with Crippen LogP contribution in [0.15, 0.2) is 9.59 Å². The number of anilines is 1. The maximum Gasteiger partial charge on any atom is 0.400 e. The number of methoxy groups -OCH3 is 1. The van der Waals surface area contributed by atoms with E-state index in [0.717, 1.165) is 16.6 Å². The van der Waals surface area contributed by atoms with Crippen LogP contribution < -0.4 is 26.6 Å². The number of nitrogens with one attached hydrogen (secondary N) is 1. The second-order valence-electron chi connectivity index (χ2n) is 9.52. The molecule has 2 fully saturated rings. The zero-order chi connectivity index (χ0) is 28.3. The fourth-order valence-electron chi connectivity index (χ4n) is 5.09. The zero-order valence-corrected chi connectivity index (χ0v) is 19.7. The van der Waals surface area contributed by atoms with Gasteiger partial charge in [0.2, 0.25) is 0 Å². The van der Waals surface area contributed by atoms with E-state index >= 15 is 4.39 Å². The standard InChI is InChI=1S/C22H23F9N4O3/c1-38-17-15-13(19(36)33-20(37)35(15)9-2-3-9)12(18(24)25)14(23)16(17)34-5-4-8(7-34)10(32)6-11(21(26,27)28)22(29,30)31/h8-11,18H,2-7,32H2,1H3,(H,33,36,37). The molecule has 1 aliphatic carbocycles. The number of halogens is 9. The second kappa shape index (κ2) is 9.68. The van der Waals surface area contributed by atoms with Crippen molar-refractivity contribution >= 4 is 16.6 Å². The molecule has 212 valence electrons. The summed E-state index contributed by atoms with van der Waals surface area (Å²) in [6, 6.07) is -2.08. The van der Waals surface area contributed by atoms with E-state index in [4.69, 9.17) is 10.5 Å². The molecule has 2 heterocycles. The van der Waals surface area contributed by atoms with Crippen LogP contribution >= 0.6 is 0 Å². The average molecular weight is 562 g/mol. The summed E-state index contributed by atoms with van der Waals surface area (Å²) in [5.74, 6) is -6.62. The molecule has 38 heavy (non-hydrogen) atoms. The highest BCUT2D eigenvalue weighted by Gasteiger charge is 2.57. The first-order chi connectivity index (χ1) is 17.6. The maximum atomic E-state index is 15.7. The third kappa shape index (κ3) is 4.94. The largest absolute Gasteiger partial charge is 0.492 e. The van der Waals surface area contributed by atoms with E-state index in [1.165, 1.54) is 0 Å². The molecule has 2 aromatic rings. The Hall–Kier alpha value is -2.91. The van der Waals surface area contributed by atoms with Crippen LogP contribution in [0.5, 0.6) is 5.75 Å². The third-order valence-corrected chi connectivity index (χ3v) is 7.07. The van der Waals surface area contributed by atoms with Crippen molar-refractivity contribution < 1.29 is 44.3 Å². The topological polar surface area (TPSA) is 93.3 Å². The number of alkyl halides is 8. The van der Waals surface area contributed by atoms with Gasteiger partial charge in [-0.05, 0) is 31.6 Å². The molecule has 1 saturated carbocycles. The van der Waals surface area contributed by atoms with Crippen molar-refractivity contribution in [1.82, 2.24) is 9.55 Å². The maximum absolute atomic E-state index is 15.7. The molecule has 1 saturated heterocycles. The van der Waals surface area contributed by atoms with Gasteiger partial charge >= 0.3 is 18.0 Å². The fraction of sp³-hybridized carbons (Fsp3) is 0.636. The SMILES string of the molecule is COc1c(N2CCC(C(N)CC(C(F)(F)F)C(F)(F)F)C2)c(F)c(C(F)F)c2c(=O)[nH]c(=O)n(C3CC3)c12. The van der Waals surface area contributed by atoms with Gasteiger partial charge in [-0.3, -0.25) is 14.3 Å². The molecule has 3 N–H and O–H groups in total. The summed E-state index contributed by atoms with van der Waals surface area (Å²) >= 11 is 0. The molecule has 1 aromatic heterocycles. The van der Waals surface area contributed by atoms with Gasteiger partial charge in [-0.25, -0.2) is 18.0 Å². The minimum atomic E-state index is -5.59. The van der Waals surface area contributed by atoms with E-state index in [2.05, 4.69) is 0 Å². The molecule has 4 rings (SSSR count). The highest BCUT2D eigenvalue weighted by Crippen LogP contribution is 2.48. The lowest BCUT2D eigenvalue weighted by Crippen LogP contribution is -2.43. The van der Waals surface area contributed by atoms with E-state index < -0.39 is 88.6 Å². The first kappa shape index (κ1) is 28.1. The molecule has 0 bridgehead atoms. The zero-order valence-electron chi connectivity index (χ0n) is 19.7. The van der Waals surface area contributed by atoms with Crippen molar-refractivity contribution in [3.63, 3.8) is 0 Å². The predicted molar refractivity (Wildman–Crippen MR) is 117 cm³/mol. The fourth-order valence-corrected chi connectivity index (χ4v) is 5.09. The van der Waals surface area contributed by atoms with Gasteiger partial charge in [0.1, 0.15) is 11.2 Å². The molecule has 1 aliphatic heterocycles. The molecule has 0 spiro atoms. The van der Waals surface area contributed by atoms with Gasteiger partial charge in [0, 0.05) is 25.2 Å². The minimum Gasteiger partial charge on any atom is -0.492 e. The summed E-state index contributed by atoms with van der Waals surface area (Å²) in [5.41, 5.74) is 1.32. The van der Waals surface area contributed by atoms with Gasteiger partial charge < -0.3 is 15.4 Å². The molecule has 0 radical (unpaired) electrons. The molecule has 0 amide bonds. The van der Waals surface area contributed by atoms with Crippen LogP contribution in [0.25, 0.3) is 10.9 Å². The van der Waals surface area contributed by atoms with E-state index in [1.807, 2.05) is 4.98 Å². The number of fused-ring (bicyclic) bond motifs is 1. The van der Waals surface area contributed by atoms with Crippen molar-refractivity contribution in [3.05, 3.63) is 32.2 Å². The Morgan fingerprint density at radius 3 is 2.18 bits per heavy atom. The van der Waals surface area contributed by atoms with Gasteiger partial charge in [0.05, 0.1) is 18.1 Å². The first-order valence-corrected chi connectivity index (χ1v) is 11.6. The Kier molecular flexibility index (Phi) is 7.16. The van der Waals surface area contributed by atoms with Crippen molar-refractivity contribution in [2.75, 3.05) is 25.1 Å². The van der Waals surface area contributed by atoms with E-state index in [0.29, 0.717) is 12.8 Å². The summed E-state index contributed by atoms with van der Waals surface area (Å²) in [6.45, 7) is -0.540. The van der Waals surface area contributed by atoms with Crippen LogP contribution in [0.4, 0.5) is 45.2 Å². The summed E-state index contributed by atoms with van der Waals surface area (Å²) in [7, 11) is 1.05. The number of aromatic nitrogens is 2. The molecule has 1 aromatic carbocycles. The van der Waals surface area contributed by atoms with Crippen LogP contribution in [-0.2, 0) is 0 Å². The Labute approximate surface area is 208 Å². The van der Waals surface area contributed by atoms with Crippen molar-refractivity contribution in [1.29, 1.82) is 0 Å². The number of hydrogen-bond donors (Lipinski definition) is 2. The third-order valence-electron chi connectivity index (χ3n) is 7.07. The van der Waals surface area contributed by atoms with Crippen molar-refractivity contribution in [3.8, 4) is 5.75 Å². The summed E-state index contributed by atoms with van der Waals surface area (Å²) in [6.07, 6.45) is -15.3. The quantitative estimate of drug-likeness (QED) is 0.489. The van der Waals surface area contributed by atoms with Crippen LogP contribution in [0, 0.1) is 17.7 Å². The molecular weight excluding hydrogens is 539 g/mol. The highest BCUT2D eigenvalue weighted by atomic mass is 19.4. The Bertz CT molecular complexity index is 1320. The Balaban J connectivity index is 1.79. The molecule has 2 aliphatic rings. The van der Waals surface area contributed by atoms with Gasteiger partial charge in [-0.2, -0.15) is 26.3 Å². The summed E-state index contributed by atoms with van der Waals surface area (Å²) < 4.78 is 128. The number of aromatic amines is 1. The normalized spacial score (nSPS) is 19.7. The number of rotatable bonds is 7. The molecule has 2 unspecified atom stereocenters. The molecule has 7 nitrogen and oxygen atoms in total. The number of nitrogens with zero attached hydrogens (tertiary/aromatic N) is 2. The summed E-state index contributed by atoms with van der Waals surface area (Å²) in [4.78, 5) is 28.1. The number of hydrogen-bond acceptors (Lipinski definition) is 5. The lowest BCUT2D eigenvalue weighted by Gasteiger charge is -2.29. The number of H-pyrrole nitrogens is 1. The smallest absolute Gasteiger partial charge is 0.400 e. The lowest BCUT2D eigenvalue weighted by atomic mass is 9.89. The van der Waals surface area contributed by atoms with E-state index in [9.17, 15) is 44.7 Å². The van der Waals surface area contributed by atoms with E-state index in [1.54, 1.807) is 0 Å². The lowest BCUT2D eigenvalue weighted by molar-refractivity contribution is -0.287. The van der Waals surface area contributed by atoms with Crippen molar-refractivity contribution in [2.24, 2.45) is 17.6 Å². The van der Waals surface area contributed by atoms with Gasteiger partial charge in [0.15, 0.2) is 17.5 Å². The molecule has 2 atom stereocenters. The molecular formula is C22H23F9N4O3. The van der Waals surface area contributed by atoms with Crippen LogP contribution in [0.3, 0.4) is 0 Å². The van der Waals surface area contributed by atoms with Crippen LogP contribution in [-0.4, -0.2) is 48.1 Å². The number of nitrogens with two attached hydrogens (primary N) is 1. The van der Waals surface area contributed by atoms with Crippen molar-refractivity contribution in [2.45, 2.75) is 56.5 Å². The van der Waals surface area contributed by atoms with Gasteiger partial charge in [-0.15, -0.1) is 0 Å². The number of benzene rings is 1. The average Bonchev–Trinajstić information content (AvgIpc) is 3.50. The first-order valence-electron chi connectivity index (χ1n) is 11.6. The second-order valence-corrected chi connectivity index (χ2v) is 9.52. The highest BCUT2D eigenvalue weighted by molar-refractivity contribution is 5.94. The Morgan fingerprint density at radius 1 is 1.08 bits per heavy atom. The summed E-state index contributed by atoms with van der Waals surface area (Å²) in [5, 5.41) is -0.782. The monoisotopic (exact) mass is 562 g/mol.